The smallest absolute Gasteiger partial charge is 0.0783 e. The highest BCUT2D eigenvalue weighted by Gasteiger charge is 2.43. The lowest BCUT2D eigenvalue weighted by Crippen LogP contribution is -2.41. The van der Waals surface area contributed by atoms with Crippen LogP contribution in [0.5, 0.6) is 0 Å². The zero-order chi connectivity index (χ0) is 11.7. The third-order valence-corrected chi connectivity index (χ3v) is 6.37. The average Bonchev–Trinajstić information content (AvgIpc) is 2.99. The molecule has 0 amide bonds. The molecule has 0 aromatic heterocycles. The summed E-state index contributed by atoms with van der Waals surface area (Å²) in [4.78, 5) is 0. The SMILES string of the molecule is CNC1CCC(C2CCOC3(CCSC3)C2)C1. The van der Waals surface area contributed by atoms with E-state index in [0.29, 0.717) is 0 Å². The largest absolute Gasteiger partial charge is 0.374 e. The van der Waals surface area contributed by atoms with Gasteiger partial charge >= 0.3 is 0 Å². The molecule has 3 rings (SSSR count). The van der Waals surface area contributed by atoms with E-state index < -0.39 is 0 Å². The van der Waals surface area contributed by atoms with E-state index in [4.69, 9.17) is 4.74 Å². The number of hydrogen-bond acceptors (Lipinski definition) is 3. The van der Waals surface area contributed by atoms with Crippen LogP contribution in [0, 0.1) is 11.8 Å². The first-order valence-electron chi connectivity index (χ1n) is 7.20. The van der Waals surface area contributed by atoms with Crippen molar-refractivity contribution in [1.82, 2.24) is 5.32 Å². The summed E-state index contributed by atoms with van der Waals surface area (Å²) in [5, 5.41) is 3.46. The second-order valence-electron chi connectivity index (χ2n) is 6.15. The number of ether oxygens (including phenoxy) is 1. The minimum Gasteiger partial charge on any atom is -0.374 e. The van der Waals surface area contributed by atoms with Crippen LogP contribution in [0.25, 0.3) is 0 Å². The van der Waals surface area contributed by atoms with Crippen LogP contribution in [0.2, 0.25) is 0 Å². The van der Waals surface area contributed by atoms with Gasteiger partial charge in [0.2, 0.25) is 0 Å². The molecule has 1 N–H and O–H groups in total. The molecule has 3 heteroatoms. The molecule has 98 valence electrons. The maximum absolute atomic E-state index is 6.13. The van der Waals surface area contributed by atoms with Crippen LogP contribution in [0.3, 0.4) is 0 Å². The van der Waals surface area contributed by atoms with Gasteiger partial charge in [0.05, 0.1) is 5.60 Å². The Labute approximate surface area is 109 Å². The first-order valence-corrected chi connectivity index (χ1v) is 8.36. The van der Waals surface area contributed by atoms with Crippen LogP contribution in [-0.4, -0.2) is 36.8 Å². The fourth-order valence-corrected chi connectivity index (χ4v) is 5.42. The van der Waals surface area contributed by atoms with Gasteiger partial charge in [-0.2, -0.15) is 11.8 Å². The minimum atomic E-state index is 0.283. The number of hydrogen-bond donors (Lipinski definition) is 1. The fraction of sp³-hybridized carbons (Fsp3) is 1.00. The van der Waals surface area contributed by atoms with Crippen molar-refractivity contribution in [3.63, 3.8) is 0 Å². The lowest BCUT2D eigenvalue weighted by molar-refractivity contribution is -0.0887. The molecule has 4 atom stereocenters. The van der Waals surface area contributed by atoms with Gasteiger partial charge in [-0.3, -0.25) is 0 Å². The third-order valence-electron chi connectivity index (χ3n) is 5.15. The Kier molecular flexibility index (Phi) is 3.69. The van der Waals surface area contributed by atoms with Gasteiger partial charge in [0.15, 0.2) is 0 Å². The molecular formula is C14H25NOS. The highest BCUT2D eigenvalue weighted by molar-refractivity contribution is 7.99. The summed E-state index contributed by atoms with van der Waals surface area (Å²) < 4.78 is 6.13. The Morgan fingerprint density at radius 1 is 1.24 bits per heavy atom. The van der Waals surface area contributed by atoms with Crippen molar-refractivity contribution in [3.8, 4) is 0 Å². The van der Waals surface area contributed by atoms with E-state index >= 15 is 0 Å². The number of rotatable bonds is 2. The maximum Gasteiger partial charge on any atom is 0.0783 e. The average molecular weight is 255 g/mol. The van der Waals surface area contributed by atoms with Gasteiger partial charge in [0.25, 0.3) is 0 Å². The molecule has 4 unspecified atom stereocenters. The van der Waals surface area contributed by atoms with Crippen LogP contribution < -0.4 is 5.32 Å². The topological polar surface area (TPSA) is 21.3 Å². The van der Waals surface area contributed by atoms with Gasteiger partial charge in [-0.15, -0.1) is 0 Å². The molecule has 2 saturated heterocycles. The lowest BCUT2D eigenvalue weighted by Gasteiger charge is -2.40. The van der Waals surface area contributed by atoms with Gasteiger partial charge in [-0.1, -0.05) is 0 Å². The molecule has 0 radical (unpaired) electrons. The molecule has 1 saturated carbocycles. The van der Waals surface area contributed by atoms with Gasteiger partial charge in [0.1, 0.15) is 0 Å². The van der Waals surface area contributed by atoms with Crippen LogP contribution >= 0.6 is 11.8 Å². The second-order valence-corrected chi connectivity index (χ2v) is 7.25. The first kappa shape index (κ1) is 12.3. The maximum atomic E-state index is 6.13. The van der Waals surface area contributed by atoms with Crippen LogP contribution in [0.1, 0.15) is 38.5 Å². The van der Waals surface area contributed by atoms with Gasteiger partial charge < -0.3 is 10.1 Å². The molecule has 1 spiro atoms. The Morgan fingerprint density at radius 3 is 2.88 bits per heavy atom. The highest BCUT2D eigenvalue weighted by atomic mass is 32.2. The van der Waals surface area contributed by atoms with Crippen LogP contribution in [0.15, 0.2) is 0 Å². The van der Waals surface area contributed by atoms with E-state index in [9.17, 15) is 0 Å². The van der Waals surface area contributed by atoms with Crippen LogP contribution in [0.4, 0.5) is 0 Å². The van der Waals surface area contributed by atoms with E-state index in [1.54, 1.807) is 0 Å². The van der Waals surface area contributed by atoms with E-state index in [2.05, 4.69) is 24.1 Å². The first-order chi connectivity index (χ1) is 8.31. The molecule has 3 aliphatic rings. The van der Waals surface area contributed by atoms with Crippen molar-refractivity contribution in [1.29, 1.82) is 0 Å². The summed E-state index contributed by atoms with van der Waals surface area (Å²) in [6.45, 7) is 1.02. The van der Waals surface area contributed by atoms with Crippen LogP contribution in [-0.2, 0) is 4.74 Å². The summed E-state index contributed by atoms with van der Waals surface area (Å²) in [7, 11) is 2.12. The quantitative estimate of drug-likeness (QED) is 0.820. The standard InChI is InChI=1S/C14H25NOS/c1-15-13-3-2-11(8-13)12-4-6-16-14(9-12)5-7-17-10-14/h11-13,15H,2-10H2,1H3. The summed E-state index contributed by atoms with van der Waals surface area (Å²) in [5.74, 6) is 4.49. The zero-order valence-corrected chi connectivity index (χ0v) is 11.7. The minimum absolute atomic E-state index is 0.283. The predicted molar refractivity (Wildman–Crippen MR) is 73.5 cm³/mol. The van der Waals surface area contributed by atoms with E-state index in [1.165, 1.54) is 50.0 Å². The number of nitrogens with one attached hydrogen (secondary N) is 1. The molecule has 0 aromatic carbocycles. The van der Waals surface area contributed by atoms with Crippen molar-refractivity contribution < 1.29 is 4.74 Å². The van der Waals surface area contributed by atoms with E-state index in [-0.39, 0.29) is 5.60 Å². The molecule has 17 heavy (non-hydrogen) atoms. The molecule has 0 bridgehead atoms. The lowest BCUT2D eigenvalue weighted by atomic mass is 9.77. The highest BCUT2D eigenvalue weighted by Crippen LogP contribution is 2.45. The third kappa shape index (κ3) is 2.52. The Balaban J connectivity index is 1.60. The van der Waals surface area contributed by atoms with Crippen molar-refractivity contribution >= 4 is 11.8 Å². The van der Waals surface area contributed by atoms with Gasteiger partial charge in [-0.05, 0) is 63.2 Å². The summed E-state index contributed by atoms with van der Waals surface area (Å²) >= 11 is 2.09. The van der Waals surface area contributed by atoms with Crippen molar-refractivity contribution in [2.75, 3.05) is 25.2 Å². The van der Waals surface area contributed by atoms with Crippen molar-refractivity contribution in [2.45, 2.75) is 50.2 Å². The Hall–Kier alpha value is 0.270. The van der Waals surface area contributed by atoms with E-state index in [0.717, 1.165) is 24.5 Å². The normalized spacial score (nSPS) is 46.8. The summed E-state index contributed by atoms with van der Waals surface area (Å²) in [6.07, 6.45) is 8.20. The second kappa shape index (κ2) is 5.10. The summed E-state index contributed by atoms with van der Waals surface area (Å²) in [5.41, 5.74) is 0.283. The molecular weight excluding hydrogens is 230 g/mol. The molecule has 1 aliphatic carbocycles. The molecule has 2 nitrogen and oxygen atoms in total. The van der Waals surface area contributed by atoms with Crippen molar-refractivity contribution in [2.24, 2.45) is 11.8 Å². The fourth-order valence-electron chi connectivity index (χ4n) is 4.04. The number of thioether (sulfide) groups is 1. The monoisotopic (exact) mass is 255 g/mol. The summed E-state index contributed by atoms with van der Waals surface area (Å²) in [6, 6.07) is 0.789. The molecule has 2 heterocycles. The predicted octanol–water partition coefficient (Wildman–Crippen LogP) is 2.68. The molecule has 2 aliphatic heterocycles. The zero-order valence-electron chi connectivity index (χ0n) is 10.9. The molecule has 0 aromatic rings. The van der Waals surface area contributed by atoms with Crippen molar-refractivity contribution in [3.05, 3.63) is 0 Å². The van der Waals surface area contributed by atoms with E-state index in [1.807, 2.05) is 0 Å². The Bertz CT molecular complexity index is 265. The molecule has 3 fully saturated rings. The van der Waals surface area contributed by atoms with Gasteiger partial charge in [-0.25, -0.2) is 0 Å². The Morgan fingerprint density at radius 2 is 2.18 bits per heavy atom. The van der Waals surface area contributed by atoms with Gasteiger partial charge in [0, 0.05) is 18.4 Å².